The van der Waals surface area contributed by atoms with E-state index in [2.05, 4.69) is 10.4 Å². The molecule has 11 heteroatoms. The quantitative estimate of drug-likeness (QED) is 0.515. The first kappa shape index (κ1) is 21.3. The van der Waals surface area contributed by atoms with E-state index in [0.717, 1.165) is 29.7 Å². The first-order valence-electron chi connectivity index (χ1n) is 9.07. The van der Waals surface area contributed by atoms with Crippen LogP contribution in [0.2, 0.25) is 0 Å². The molecule has 1 N–H and O–H groups in total. The Kier molecular flexibility index (Phi) is 6.56. The Hall–Kier alpha value is -2.43. The number of nitrogens with one attached hydrogen (secondary N) is 1. The van der Waals surface area contributed by atoms with Gasteiger partial charge >= 0.3 is 5.97 Å². The summed E-state index contributed by atoms with van der Waals surface area (Å²) in [5.41, 5.74) is -0.483. The Morgan fingerprint density at radius 3 is 2.62 bits per heavy atom. The van der Waals surface area contributed by atoms with Crippen molar-refractivity contribution >= 4 is 28.2 Å². The number of thiophene rings is 1. The first-order chi connectivity index (χ1) is 13.8. The second kappa shape index (κ2) is 8.93. The lowest BCUT2D eigenvalue weighted by Gasteiger charge is -2.12. The third-order valence-electron chi connectivity index (χ3n) is 4.47. The highest BCUT2D eigenvalue weighted by Gasteiger charge is 2.28. The number of halogens is 4. The summed E-state index contributed by atoms with van der Waals surface area (Å²) in [6, 6.07) is 0.580. The van der Waals surface area contributed by atoms with Crippen molar-refractivity contribution in [1.82, 2.24) is 9.78 Å². The summed E-state index contributed by atoms with van der Waals surface area (Å²) in [7, 11) is 0. The molecular formula is C18H19F4N3O3S. The molecule has 1 aliphatic rings. The zero-order valence-corrected chi connectivity index (χ0v) is 16.3. The minimum Gasteiger partial charge on any atom is -0.462 e. The van der Waals surface area contributed by atoms with Gasteiger partial charge in [-0.25, -0.2) is 22.4 Å². The SMILES string of the molecule is CCOC(=O)c1c(NC(=O)Cn2nc(C(F)F)cc2C(F)F)sc2c1CCCC2. The number of fused-ring (bicyclic) bond motifs is 1. The molecule has 0 spiro atoms. The molecule has 0 saturated carbocycles. The molecule has 6 nitrogen and oxygen atoms in total. The number of aromatic nitrogens is 2. The van der Waals surface area contributed by atoms with E-state index < -0.39 is 42.7 Å². The number of anilines is 1. The predicted octanol–water partition coefficient (Wildman–Crippen LogP) is 4.51. The Labute approximate surface area is 167 Å². The number of alkyl halides is 4. The van der Waals surface area contributed by atoms with Crippen LogP contribution in [-0.2, 0) is 28.9 Å². The largest absolute Gasteiger partial charge is 0.462 e. The summed E-state index contributed by atoms with van der Waals surface area (Å²) in [5, 5.41) is 6.23. The third kappa shape index (κ3) is 4.60. The fourth-order valence-electron chi connectivity index (χ4n) is 3.24. The Balaban J connectivity index is 1.84. The highest BCUT2D eigenvalue weighted by molar-refractivity contribution is 7.17. The molecule has 29 heavy (non-hydrogen) atoms. The van der Waals surface area contributed by atoms with Gasteiger partial charge in [0.25, 0.3) is 12.9 Å². The second-order valence-corrected chi connectivity index (χ2v) is 7.54. The number of hydrogen-bond acceptors (Lipinski definition) is 5. The van der Waals surface area contributed by atoms with Gasteiger partial charge < -0.3 is 10.1 Å². The number of amides is 1. The number of carbonyl (C=O) groups is 2. The van der Waals surface area contributed by atoms with Crippen LogP contribution in [-0.4, -0.2) is 28.3 Å². The maximum atomic E-state index is 13.1. The van der Waals surface area contributed by atoms with E-state index >= 15 is 0 Å². The monoisotopic (exact) mass is 433 g/mol. The van der Waals surface area contributed by atoms with Crippen LogP contribution in [0.3, 0.4) is 0 Å². The normalized spacial score (nSPS) is 13.6. The number of hydrogen-bond donors (Lipinski definition) is 1. The number of esters is 1. The molecule has 3 rings (SSSR count). The first-order valence-corrected chi connectivity index (χ1v) is 9.88. The molecule has 2 aromatic rings. The van der Waals surface area contributed by atoms with Gasteiger partial charge in [-0.2, -0.15) is 5.10 Å². The lowest BCUT2D eigenvalue weighted by molar-refractivity contribution is -0.117. The van der Waals surface area contributed by atoms with Crippen molar-refractivity contribution in [3.63, 3.8) is 0 Å². The van der Waals surface area contributed by atoms with E-state index in [0.29, 0.717) is 17.2 Å². The molecule has 0 bridgehead atoms. The average Bonchev–Trinajstić information content (AvgIpc) is 3.23. The molecule has 1 aliphatic carbocycles. The van der Waals surface area contributed by atoms with E-state index in [1.165, 1.54) is 11.3 Å². The Bertz CT molecular complexity index is 911. The average molecular weight is 433 g/mol. The van der Waals surface area contributed by atoms with Gasteiger partial charge in [0.2, 0.25) is 5.91 Å². The van der Waals surface area contributed by atoms with Crippen molar-refractivity contribution in [2.24, 2.45) is 0 Å². The summed E-state index contributed by atoms with van der Waals surface area (Å²) in [5.74, 6) is -1.31. The van der Waals surface area contributed by atoms with Gasteiger partial charge in [0, 0.05) is 4.88 Å². The number of aryl methyl sites for hydroxylation is 1. The molecule has 1 amide bonds. The van der Waals surface area contributed by atoms with Crippen LogP contribution >= 0.6 is 11.3 Å². The summed E-state index contributed by atoms with van der Waals surface area (Å²) >= 11 is 1.25. The molecule has 0 radical (unpaired) electrons. The maximum absolute atomic E-state index is 13.1. The van der Waals surface area contributed by atoms with E-state index in [4.69, 9.17) is 4.74 Å². The maximum Gasteiger partial charge on any atom is 0.341 e. The number of nitrogens with zero attached hydrogens (tertiary/aromatic N) is 2. The topological polar surface area (TPSA) is 73.2 Å². The van der Waals surface area contributed by atoms with Crippen LogP contribution in [0.15, 0.2) is 6.07 Å². The zero-order chi connectivity index (χ0) is 21.1. The molecule has 0 aromatic carbocycles. The molecule has 0 fully saturated rings. The van der Waals surface area contributed by atoms with Gasteiger partial charge in [-0.05, 0) is 44.2 Å². The third-order valence-corrected chi connectivity index (χ3v) is 5.68. The van der Waals surface area contributed by atoms with Gasteiger partial charge in [0.1, 0.15) is 22.9 Å². The van der Waals surface area contributed by atoms with Gasteiger partial charge in [0.05, 0.1) is 12.2 Å². The lowest BCUT2D eigenvalue weighted by Crippen LogP contribution is -2.22. The van der Waals surface area contributed by atoms with Gasteiger partial charge in [-0.3, -0.25) is 9.48 Å². The van der Waals surface area contributed by atoms with E-state index in [1.807, 2.05) is 0 Å². The summed E-state index contributed by atoms with van der Waals surface area (Å²) in [6.07, 6.45) is -2.77. The number of ether oxygens (including phenoxy) is 1. The minimum atomic E-state index is -3.06. The molecule has 0 atom stereocenters. The van der Waals surface area contributed by atoms with E-state index in [9.17, 15) is 27.2 Å². The highest BCUT2D eigenvalue weighted by atomic mass is 32.1. The standard InChI is InChI=1S/C18H19F4N3O3S/c1-2-28-18(27)14-9-5-3-4-6-12(9)29-17(14)23-13(26)8-25-11(16(21)22)7-10(24-25)15(19)20/h7,15-16H,2-6,8H2,1H3,(H,23,26). The van der Waals surface area contributed by atoms with Crippen LogP contribution < -0.4 is 5.32 Å². The summed E-state index contributed by atoms with van der Waals surface area (Å²) < 4.78 is 57.4. The van der Waals surface area contributed by atoms with Crippen LogP contribution in [0.5, 0.6) is 0 Å². The molecule has 2 heterocycles. The molecule has 0 aliphatic heterocycles. The van der Waals surface area contributed by atoms with Crippen LogP contribution in [0.4, 0.5) is 22.6 Å². The van der Waals surface area contributed by atoms with Crippen molar-refractivity contribution in [2.45, 2.75) is 52.0 Å². The second-order valence-electron chi connectivity index (χ2n) is 6.44. The minimum absolute atomic E-state index is 0.165. The number of carbonyl (C=O) groups excluding carboxylic acids is 2. The van der Waals surface area contributed by atoms with Crippen LogP contribution in [0.1, 0.15) is 64.8 Å². The Morgan fingerprint density at radius 2 is 1.97 bits per heavy atom. The van der Waals surface area contributed by atoms with Gasteiger partial charge in [-0.15, -0.1) is 11.3 Å². The molecule has 0 saturated heterocycles. The summed E-state index contributed by atoms with van der Waals surface area (Å²) in [4.78, 5) is 25.8. The fourth-order valence-corrected chi connectivity index (χ4v) is 4.53. The predicted molar refractivity (Wildman–Crippen MR) is 97.7 cm³/mol. The van der Waals surface area contributed by atoms with E-state index in [1.54, 1.807) is 6.92 Å². The van der Waals surface area contributed by atoms with E-state index in [-0.39, 0.29) is 17.2 Å². The van der Waals surface area contributed by atoms with Crippen molar-refractivity contribution in [2.75, 3.05) is 11.9 Å². The molecular weight excluding hydrogens is 414 g/mol. The van der Waals surface area contributed by atoms with Crippen LogP contribution in [0.25, 0.3) is 0 Å². The smallest absolute Gasteiger partial charge is 0.341 e. The highest BCUT2D eigenvalue weighted by Crippen LogP contribution is 2.38. The Morgan fingerprint density at radius 1 is 1.24 bits per heavy atom. The van der Waals surface area contributed by atoms with Crippen LogP contribution in [0, 0.1) is 0 Å². The van der Waals surface area contributed by atoms with Gasteiger partial charge in [0.15, 0.2) is 0 Å². The van der Waals surface area contributed by atoms with Crippen molar-refractivity contribution in [1.29, 1.82) is 0 Å². The fraction of sp³-hybridized carbons (Fsp3) is 0.500. The molecule has 2 aromatic heterocycles. The molecule has 158 valence electrons. The van der Waals surface area contributed by atoms with Crippen molar-refractivity contribution in [3.8, 4) is 0 Å². The van der Waals surface area contributed by atoms with Gasteiger partial charge in [-0.1, -0.05) is 0 Å². The van der Waals surface area contributed by atoms with Crippen molar-refractivity contribution < 1.29 is 31.9 Å². The lowest BCUT2D eigenvalue weighted by atomic mass is 9.95. The molecule has 0 unspecified atom stereocenters. The zero-order valence-electron chi connectivity index (χ0n) is 15.5. The number of rotatable bonds is 7. The van der Waals surface area contributed by atoms with Crippen molar-refractivity contribution in [3.05, 3.63) is 33.5 Å². The summed E-state index contributed by atoms with van der Waals surface area (Å²) in [6.45, 7) is 1.15.